The van der Waals surface area contributed by atoms with Crippen LogP contribution in [0.2, 0.25) is 0 Å². The molecule has 0 radical (unpaired) electrons. The number of thiol groups is 1. The van der Waals surface area contributed by atoms with E-state index in [1.165, 1.54) is 64.2 Å². The molecular weight excluding hydrogens is 288 g/mol. The predicted octanol–water partition coefficient (Wildman–Crippen LogP) is 4.77. The Kier molecular flexibility index (Phi) is 18.6. The molecule has 0 spiro atoms. The number of hydrogen-bond acceptors (Lipinski definition) is 3. The summed E-state index contributed by atoms with van der Waals surface area (Å²) < 4.78 is 0. The van der Waals surface area contributed by atoms with Crippen LogP contribution in [0.5, 0.6) is 0 Å². The zero-order valence-corrected chi connectivity index (χ0v) is 14.4. The lowest BCUT2D eigenvalue weighted by Crippen LogP contribution is -2.17. The molecule has 0 aliphatic heterocycles. The molecule has 0 bridgehead atoms. The van der Waals surface area contributed by atoms with Crippen molar-refractivity contribution in [3.63, 3.8) is 0 Å². The molecule has 0 aliphatic carbocycles. The first-order valence-corrected chi connectivity index (χ1v) is 8.59. The van der Waals surface area contributed by atoms with E-state index >= 15 is 0 Å². The van der Waals surface area contributed by atoms with Crippen LogP contribution in [0.3, 0.4) is 0 Å². The quantitative estimate of drug-likeness (QED) is 0.357. The average molecular weight is 320 g/mol. The Bertz CT molecular complexity index is 247. The Morgan fingerprint density at radius 1 is 0.810 bits per heavy atom. The van der Waals surface area contributed by atoms with Crippen molar-refractivity contribution in [3.8, 4) is 0 Å². The zero-order chi connectivity index (χ0) is 16.5. The van der Waals surface area contributed by atoms with Gasteiger partial charge < -0.3 is 10.2 Å². The number of carbonyl (C=O) groups is 2. The second-order valence-electron chi connectivity index (χ2n) is 5.28. The van der Waals surface area contributed by atoms with Crippen LogP contribution in [0.15, 0.2) is 0 Å². The third kappa shape index (κ3) is 21.7. The summed E-state index contributed by atoms with van der Waals surface area (Å²) in [4.78, 5) is 19.7. The van der Waals surface area contributed by atoms with Crippen molar-refractivity contribution >= 4 is 24.6 Å². The van der Waals surface area contributed by atoms with Crippen molar-refractivity contribution in [2.45, 2.75) is 89.7 Å². The van der Waals surface area contributed by atoms with E-state index in [4.69, 9.17) is 10.2 Å². The summed E-state index contributed by atoms with van der Waals surface area (Å²) in [7, 11) is 0. The van der Waals surface area contributed by atoms with Crippen molar-refractivity contribution in [1.82, 2.24) is 0 Å². The van der Waals surface area contributed by atoms with Gasteiger partial charge in [0.2, 0.25) is 0 Å². The molecule has 0 amide bonds. The number of carboxylic acid groups (broad SMARTS) is 2. The Morgan fingerprint density at radius 3 is 1.33 bits per heavy atom. The predicted molar refractivity (Wildman–Crippen MR) is 90.2 cm³/mol. The maximum Gasteiger partial charge on any atom is 0.316 e. The molecule has 0 saturated carbocycles. The third-order valence-electron chi connectivity index (χ3n) is 3.11. The van der Waals surface area contributed by atoms with Crippen molar-refractivity contribution in [2.24, 2.45) is 0 Å². The molecule has 21 heavy (non-hydrogen) atoms. The highest BCUT2D eigenvalue weighted by Gasteiger charge is 2.15. The number of rotatable bonds is 12. The van der Waals surface area contributed by atoms with Gasteiger partial charge in [-0.1, -0.05) is 78.1 Å². The lowest BCUT2D eigenvalue weighted by Gasteiger charge is -1.99. The molecule has 0 heterocycles. The van der Waals surface area contributed by atoms with Gasteiger partial charge in [0.15, 0.2) is 0 Å². The van der Waals surface area contributed by atoms with Crippen LogP contribution in [0, 0.1) is 0 Å². The number of aliphatic carboxylic acids is 2. The minimum atomic E-state index is -1.21. The van der Waals surface area contributed by atoms with Crippen LogP contribution in [0.4, 0.5) is 0 Å². The first-order chi connectivity index (χ1) is 9.95. The molecule has 0 rings (SSSR count). The summed E-state index contributed by atoms with van der Waals surface area (Å²) >= 11 is 3.48. The van der Waals surface area contributed by atoms with Gasteiger partial charge in [-0.2, -0.15) is 12.6 Å². The summed E-state index contributed by atoms with van der Waals surface area (Å²) in [5.74, 6) is -2.36. The lowest BCUT2D eigenvalue weighted by atomic mass is 10.1. The zero-order valence-electron chi connectivity index (χ0n) is 13.5. The molecule has 0 fully saturated rings. The van der Waals surface area contributed by atoms with Crippen molar-refractivity contribution in [3.05, 3.63) is 0 Å². The van der Waals surface area contributed by atoms with Gasteiger partial charge in [-0.05, 0) is 0 Å². The van der Waals surface area contributed by atoms with Gasteiger partial charge in [0.25, 0.3) is 0 Å². The topological polar surface area (TPSA) is 74.6 Å². The van der Waals surface area contributed by atoms with Crippen LogP contribution < -0.4 is 0 Å². The normalized spacial score (nSPS) is 11.4. The van der Waals surface area contributed by atoms with Crippen LogP contribution in [-0.4, -0.2) is 27.4 Å². The summed E-state index contributed by atoms with van der Waals surface area (Å²) in [5.41, 5.74) is 0. The first-order valence-electron chi connectivity index (χ1n) is 8.08. The fraction of sp³-hybridized carbons (Fsp3) is 0.875. The monoisotopic (exact) mass is 320 g/mol. The second kappa shape index (κ2) is 17.3. The Morgan fingerprint density at radius 2 is 1.14 bits per heavy atom. The molecule has 0 aromatic heterocycles. The van der Waals surface area contributed by atoms with Gasteiger partial charge in [-0.25, -0.2) is 0 Å². The summed E-state index contributed by atoms with van der Waals surface area (Å²) in [6.07, 6.45) is 14.0. The van der Waals surface area contributed by atoms with Crippen LogP contribution in [0.25, 0.3) is 0 Å². The molecule has 0 aromatic carbocycles. The smallest absolute Gasteiger partial charge is 0.316 e. The Labute approximate surface area is 134 Å². The molecule has 1 atom stereocenters. The average Bonchev–Trinajstić information content (AvgIpc) is 2.42. The number of carboxylic acids is 2. The van der Waals surface area contributed by atoms with Gasteiger partial charge in [0, 0.05) is 0 Å². The van der Waals surface area contributed by atoms with Gasteiger partial charge in [-0.15, -0.1) is 0 Å². The molecular formula is C16H32O4S. The van der Waals surface area contributed by atoms with Crippen molar-refractivity contribution < 1.29 is 19.8 Å². The van der Waals surface area contributed by atoms with Crippen molar-refractivity contribution in [1.29, 1.82) is 0 Å². The van der Waals surface area contributed by atoms with E-state index in [2.05, 4.69) is 26.5 Å². The minimum Gasteiger partial charge on any atom is -0.481 e. The van der Waals surface area contributed by atoms with E-state index < -0.39 is 23.6 Å². The standard InChI is InChI=1S/C12H26.C4H6O4S/c1-3-5-7-9-11-12-10-8-6-4-2;5-3(6)1-2(9)4(7)8/h3-12H2,1-2H3;2,9H,1H2,(H,5,6)(H,7,8). The summed E-state index contributed by atoms with van der Waals surface area (Å²) in [5, 5.41) is 15.0. The maximum atomic E-state index is 9.90. The van der Waals surface area contributed by atoms with Gasteiger partial charge in [0.1, 0.15) is 5.25 Å². The first kappa shape index (κ1) is 22.6. The summed E-state index contributed by atoms with van der Waals surface area (Å²) in [6, 6.07) is 0. The Hall–Kier alpha value is -0.710. The second-order valence-corrected chi connectivity index (χ2v) is 5.90. The molecule has 0 aromatic rings. The van der Waals surface area contributed by atoms with Crippen LogP contribution in [0.1, 0.15) is 84.5 Å². The fourth-order valence-electron chi connectivity index (χ4n) is 1.81. The molecule has 5 heteroatoms. The highest BCUT2D eigenvalue weighted by molar-refractivity contribution is 7.81. The largest absolute Gasteiger partial charge is 0.481 e. The van der Waals surface area contributed by atoms with Gasteiger partial charge in [0.05, 0.1) is 6.42 Å². The van der Waals surface area contributed by atoms with E-state index in [1.807, 2.05) is 0 Å². The van der Waals surface area contributed by atoms with Crippen LogP contribution >= 0.6 is 12.6 Å². The Balaban J connectivity index is 0. The third-order valence-corrected chi connectivity index (χ3v) is 3.51. The molecule has 1 unspecified atom stereocenters. The molecule has 126 valence electrons. The van der Waals surface area contributed by atoms with E-state index in [0.717, 1.165) is 0 Å². The number of unbranched alkanes of at least 4 members (excludes halogenated alkanes) is 9. The minimum absolute atomic E-state index is 0.446. The maximum absolute atomic E-state index is 9.90. The fourth-order valence-corrected chi connectivity index (χ4v) is 1.97. The number of hydrogen-bond donors (Lipinski definition) is 3. The van der Waals surface area contributed by atoms with E-state index in [9.17, 15) is 9.59 Å². The van der Waals surface area contributed by atoms with Gasteiger partial charge in [-0.3, -0.25) is 9.59 Å². The van der Waals surface area contributed by atoms with E-state index in [1.54, 1.807) is 0 Å². The molecule has 0 aliphatic rings. The summed E-state index contributed by atoms with van der Waals surface area (Å²) in [6.45, 7) is 4.56. The molecule has 4 nitrogen and oxygen atoms in total. The molecule has 2 N–H and O–H groups in total. The van der Waals surface area contributed by atoms with E-state index in [0.29, 0.717) is 0 Å². The highest BCUT2D eigenvalue weighted by atomic mass is 32.1. The van der Waals surface area contributed by atoms with Crippen molar-refractivity contribution in [2.75, 3.05) is 0 Å². The van der Waals surface area contributed by atoms with Gasteiger partial charge >= 0.3 is 11.9 Å². The van der Waals surface area contributed by atoms with Crippen LogP contribution in [-0.2, 0) is 9.59 Å². The lowest BCUT2D eigenvalue weighted by molar-refractivity contribution is -0.142. The molecule has 0 saturated heterocycles. The van der Waals surface area contributed by atoms with E-state index in [-0.39, 0.29) is 0 Å². The SMILES string of the molecule is CCCCCCCCCCCC.O=C(O)CC(S)C(=O)O. The highest BCUT2D eigenvalue weighted by Crippen LogP contribution is 2.09.